The molecule has 0 saturated carbocycles. The van der Waals surface area contributed by atoms with E-state index in [2.05, 4.69) is 4.74 Å². The van der Waals surface area contributed by atoms with E-state index < -0.39 is 5.97 Å². The Kier molecular flexibility index (Phi) is 5.49. The number of ether oxygens (including phenoxy) is 2. The van der Waals surface area contributed by atoms with Gasteiger partial charge in [-0.25, -0.2) is 4.79 Å². The minimum absolute atomic E-state index is 0.157. The lowest BCUT2D eigenvalue weighted by Gasteiger charge is -2.11. The summed E-state index contributed by atoms with van der Waals surface area (Å²) in [5, 5.41) is 0. The Hall–Kier alpha value is -2.88. The molecule has 0 saturated heterocycles. The molecule has 0 aliphatic rings. The molecule has 2 aromatic rings. The number of rotatable bonds is 6. The molecule has 0 N–H and O–H groups in total. The Morgan fingerprint density at radius 3 is 2.41 bits per heavy atom. The third-order valence-corrected chi connectivity index (χ3v) is 3.07. The summed E-state index contributed by atoms with van der Waals surface area (Å²) in [6, 6.07) is 16.3. The molecule has 0 aliphatic carbocycles. The van der Waals surface area contributed by atoms with Crippen LogP contribution >= 0.6 is 0 Å². The van der Waals surface area contributed by atoms with Crippen LogP contribution in [0.1, 0.15) is 15.9 Å². The molecule has 2 aromatic carbocycles. The molecule has 0 atom stereocenters. The van der Waals surface area contributed by atoms with Crippen molar-refractivity contribution in [3.63, 3.8) is 0 Å². The molecule has 2 rings (SSSR count). The van der Waals surface area contributed by atoms with Crippen molar-refractivity contribution in [3.05, 3.63) is 71.8 Å². The summed E-state index contributed by atoms with van der Waals surface area (Å²) in [7, 11) is 1.32. The van der Waals surface area contributed by atoms with Crippen molar-refractivity contribution in [3.8, 4) is 5.75 Å². The number of benzene rings is 2. The number of hydrogen-bond acceptors (Lipinski definition) is 4. The normalized spacial score (nSPS) is 10.9. The molecule has 0 spiro atoms. The van der Waals surface area contributed by atoms with Crippen LogP contribution in [0.2, 0.25) is 0 Å². The summed E-state index contributed by atoms with van der Waals surface area (Å²) in [6.07, 6.45) is 2.13. The topological polar surface area (TPSA) is 52.6 Å². The number of carbonyl (C=O) groups is 2. The highest BCUT2D eigenvalue weighted by molar-refractivity contribution is 5.91. The van der Waals surface area contributed by atoms with Crippen LogP contribution in [0.3, 0.4) is 0 Å². The van der Waals surface area contributed by atoms with Crippen LogP contribution in [-0.4, -0.2) is 26.0 Å². The van der Waals surface area contributed by atoms with Gasteiger partial charge in [-0.2, -0.15) is 0 Å². The number of aldehydes is 1. The molecule has 0 aromatic heterocycles. The summed E-state index contributed by atoms with van der Waals surface area (Å²) < 4.78 is 10.4. The molecule has 0 amide bonds. The monoisotopic (exact) mass is 296 g/mol. The Morgan fingerprint density at radius 1 is 1.05 bits per heavy atom. The summed E-state index contributed by atoms with van der Waals surface area (Å²) in [5.41, 5.74) is 2.00. The fourth-order valence-corrected chi connectivity index (χ4v) is 1.93. The van der Waals surface area contributed by atoms with E-state index >= 15 is 0 Å². The molecule has 4 nitrogen and oxygen atoms in total. The number of hydrogen-bond donors (Lipinski definition) is 0. The van der Waals surface area contributed by atoms with Gasteiger partial charge in [-0.3, -0.25) is 4.79 Å². The maximum Gasteiger partial charge on any atom is 0.330 e. The van der Waals surface area contributed by atoms with Crippen molar-refractivity contribution in [1.82, 2.24) is 0 Å². The minimum Gasteiger partial charge on any atom is -0.488 e. The summed E-state index contributed by atoms with van der Waals surface area (Å²) in [4.78, 5) is 22.5. The van der Waals surface area contributed by atoms with Crippen LogP contribution < -0.4 is 4.74 Å². The fourth-order valence-electron chi connectivity index (χ4n) is 1.93. The third-order valence-electron chi connectivity index (χ3n) is 3.07. The van der Waals surface area contributed by atoms with Gasteiger partial charge in [0.25, 0.3) is 0 Å². The quantitative estimate of drug-likeness (QED) is 0.467. The average molecular weight is 296 g/mol. The van der Waals surface area contributed by atoms with Gasteiger partial charge >= 0.3 is 5.97 Å². The predicted octanol–water partition coefficient (Wildman–Crippen LogP) is 3.13. The molecular weight excluding hydrogens is 280 g/mol. The number of methoxy groups -OCH3 is 1. The maximum atomic E-state index is 11.5. The fraction of sp³-hybridized carbons (Fsp3) is 0.111. The Morgan fingerprint density at radius 2 is 1.73 bits per heavy atom. The van der Waals surface area contributed by atoms with E-state index in [0.29, 0.717) is 16.9 Å². The van der Waals surface area contributed by atoms with Crippen molar-refractivity contribution < 1.29 is 19.1 Å². The smallest absolute Gasteiger partial charge is 0.330 e. The van der Waals surface area contributed by atoms with E-state index in [1.807, 2.05) is 30.3 Å². The van der Waals surface area contributed by atoms with Crippen LogP contribution in [0, 0.1) is 0 Å². The van der Waals surface area contributed by atoms with Crippen molar-refractivity contribution in [2.75, 3.05) is 13.7 Å². The highest BCUT2D eigenvalue weighted by Crippen LogP contribution is 2.20. The van der Waals surface area contributed by atoms with Crippen LogP contribution in [0.5, 0.6) is 5.75 Å². The van der Waals surface area contributed by atoms with Gasteiger partial charge in [-0.05, 0) is 17.7 Å². The van der Waals surface area contributed by atoms with Gasteiger partial charge in [0, 0.05) is 11.6 Å². The second-order valence-corrected chi connectivity index (χ2v) is 4.50. The predicted molar refractivity (Wildman–Crippen MR) is 83.8 cm³/mol. The van der Waals surface area contributed by atoms with Gasteiger partial charge in [0.15, 0.2) is 6.29 Å². The molecule has 22 heavy (non-hydrogen) atoms. The molecule has 112 valence electrons. The zero-order valence-electron chi connectivity index (χ0n) is 12.2. The van der Waals surface area contributed by atoms with Gasteiger partial charge in [0.05, 0.1) is 12.7 Å². The van der Waals surface area contributed by atoms with Crippen molar-refractivity contribution in [2.24, 2.45) is 0 Å². The molecule has 4 heteroatoms. The van der Waals surface area contributed by atoms with E-state index in [9.17, 15) is 9.59 Å². The van der Waals surface area contributed by atoms with Crippen LogP contribution in [0.15, 0.2) is 60.7 Å². The number of para-hydroxylation sites is 1. The van der Waals surface area contributed by atoms with Crippen LogP contribution in [-0.2, 0) is 9.53 Å². The minimum atomic E-state index is -0.453. The van der Waals surface area contributed by atoms with Gasteiger partial charge < -0.3 is 9.47 Å². The molecular formula is C18H16O4. The highest BCUT2D eigenvalue weighted by atomic mass is 16.5. The number of carbonyl (C=O) groups excluding carboxylic acids is 2. The first-order valence-electron chi connectivity index (χ1n) is 6.75. The van der Waals surface area contributed by atoms with Crippen molar-refractivity contribution in [2.45, 2.75) is 0 Å². The molecule has 0 radical (unpaired) electrons. The first-order chi connectivity index (χ1) is 10.7. The third kappa shape index (κ3) is 4.06. The molecule has 0 bridgehead atoms. The second kappa shape index (κ2) is 7.78. The largest absolute Gasteiger partial charge is 0.488 e. The van der Waals surface area contributed by atoms with Gasteiger partial charge in [-0.15, -0.1) is 0 Å². The van der Waals surface area contributed by atoms with E-state index in [0.717, 1.165) is 11.8 Å². The lowest BCUT2D eigenvalue weighted by Crippen LogP contribution is -2.06. The van der Waals surface area contributed by atoms with Gasteiger partial charge in [-0.1, -0.05) is 42.5 Å². The number of esters is 1. The standard InChI is InChI=1S/C18H16O4/c1-21-18(20)11-16(14-7-3-2-4-8-14)13-22-17-10-6-5-9-15(17)12-19/h2-12H,13H2,1H3/b16-11-. The van der Waals surface area contributed by atoms with E-state index in [1.165, 1.54) is 13.2 Å². The van der Waals surface area contributed by atoms with Crippen molar-refractivity contribution in [1.29, 1.82) is 0 Å². The lowest BCUT2D eigenvalue weighted by molar-refractivity contribution is -0.134. The molecule has 0 aliphatic heterocycles. The van der Waals surface area contributed by atoms with E-state index in [1.54, 1.807) is 24.3 Å². The first-order valence-corrected chi connectivity index (χ1v) is 6.75. The SMILES string of the molecule is COC(=O)/C=C(/COc1ccccc1C=O)c1ccccc1. The van der Waals surface area contributed by atoms with Crippen LogP contribution in [0.25, 0.3) is 5.57 Å². The van der Waals surface area contributed by atoms with Gasteiger partial charge in [0.1, 0.15) is 12.4 Å². The Labute approximate surface area is 129 Å². The van der Waals surface area contributed by atoms with E-state index in [4.69, 9.17) is 4.74 Å². The van der Waals surface area contributed by atoms with Crippen molar-refractivity contribution >= 4 is 17.8 Å². The summed E-state index contributed by atoms with van der Waals surface area (Å²) >= 11 is 0. The summed E-state index contributed by atoms with van der Waals surface area (Å²) in [5.74, 6) is 0.0234. The van der Waals surface area contributed by atoms with E-state index in [-0.39, 0.29) is 6.61 Å². The highest BCUT2D eigenvalue weighted by Gasteiger charge is 2.08. The average Bonchev–Trinajstić information content (AvgIpc) is 2.59. The zero-order valence-corrected chi connectivity index (χ0v) is 12.2. The first kappa shape index (κ1) is 15.5. The molecule has 0 heterocycles. The zero-order chi connectivity index (χ0) is 15.8. The Bertz CT molecular complexity index is 674. The second-order valence-electron chi connectivity index (χ2n) is 4.50. The van der Waals surface area contributed by atoms with Crippen LogP contribution in [0.4, 0.5) is 0 Å². The lowest BCUT2D eigenvalue weighted by atomic mass is 10.1. The molecule has 0 fully saturated rings. The molecule has 0 unspecified atom stereocenters. The van der Waals surface area contributed by atoms with Gasteiger partial charge in [0.2, 0.25) is 0 Å². The summed E-state index contributed by atoms with van der Waals surface area (Å²) in [6.45, 7) is 0.157. The maximum absolute atomic E-state index is 11.5. The Balaban J connectivity index is 2.22.